The van der Waals surface area contributed by atoms with E-state index in [0.29, 0.717) is 0 Å². The molecule has 0 aliphatic rings. The first-order valence-corrected chi connectivity index (χ1v) is 6.49. The van der Waals surface area contributed by atoms with Crippen LogP contribution in [0, 0.1) is 12.7 Å². The number of fused-ring (bicyclic) bond motifs is 1. The van der Waals surface area contributed by atoms with E-state index >= 15 is 0 Å². The minimum Gasteiger partial charge on any atom is -0.384 e. The second-order valence-corrected chi connectivity index (χ2v) is 4.56. The first-order chi connectivity index (χ1) is 8.65. The average molecular weight is 246 g/mol. The van der Waals surface area contributed by atoms with Crippen LogP contribution in [0.25, 0.3) is 10.9 Å². The maximum Gasteiger partial charge on any atom is 0.124 e. The molecular formula is C15H19FN2. The van der Waals surface area contributed by atoms with Gasteiger partial charge in [-0.1, -0.05) is 13.8 Å². The van der Waals surface area contributed by atoms with Gasteiger partial charge in [-0.25, -0.2) is 4.39 Å². The summed E-state index contributed by atoms with van der Waals surface area (Å²) in [5.74, 6) is -0.203. The van der Waals surface area contributed by atoms with Crippen LogP contribution in [0.4, 0.5) is 10.1 Å². The van der Waals surface area contributed by atoms with E-state index in [1.165, 1.54) is 0 Å². The van der Waals surface area contributed by atoms with Crippen LogP contribution in [0.3, 0.4) is 0 Å². The fraction of sp³-hybridized carbons (Fsp3) is 0.400. The second-order valence-electron chi connectivity index (χ2n) is 4.56. The van der Waals surface area contributed by atoms with Gasteiger partial charge in [-0.2, -0.15) is 0 Å². The summed E-state index contributed by atoms with van der Waals surface area (Å²) in [5, 5.41) is 4.23. The standard InChI is InChI=1S/C15H19FN2/c1-4-6-17-14-9-12(5-2)18-15-10(3)7-11(16)8-13(14)15/h7-9H,4-6H2,1-3H3,(H,17,18). The van der Waals surface area contributed by atoms with Crippen molar-refractivity contribution in [2.45, 2.75) is 33.6 Å². The van der Waals surface area contributed by atoms with Crippen molar-refractivity contribution in [1.29, 1.82) is 0 Å². The molecule has 1 aromatic heterocycles. The highest BCUT2D eigenvalue weighted by Gasteiger charge is 2.08. The molecule has 3 heteroatoms. The highest BCUT2D eigenvalue weighted by Crippen LogP contribution is 2.27. The third kappa shape index (κ3) is 2.45. The van der Waals surface area contributed by atoms with Crippen LogP contribution < -0.4 is 5.32 Å². The lowest BCUT2D eigenvalue weighted by Crippen LogP contribution is -2.03. The Morgan fingerprint density at radius 3 is 2.67 bits per heavy atom. The molecule has 0 aliphatic carbocycles. The minimum absolute atomic E-state index is 0.203. The number of anilines is 1. The maximum atomic E-state index is 13.5. The molecule has 0 unspecified atom stereocenters. The smallest absolute Gasteiger partial charge is 0.124 e. The van der Waals surface area contributed by atoms with Gasteiger partial charge in [0.1, 0.15) is 5.82 Å². The van der Waals surface area contributed by atoms with Crippen molar-refractivity contribution in [2.24, 2.45) is 0 Å². The van der Waals surface area contributed by atoms with Gasteiger partial charge in [0.15, 0.2) is 0 Å². The molecule has 96 valence electrons. The number of aromatic nitrogens is 1. The Morgan fingerprint density at radius 1 is 1.22 bits per heavy atom. The molecule has 1 heterocycles. The summed E-state index contributed by atoms with van der Waals surface area (Å²) in [6.45, 7) is 6.98. The van der Waals surface area contributed by atoms with E-state index in [0.717, 1.165) is 47.2 Å². The molecule has 0 bridgehead atoms. The zero-order valence-electron chi connectivity index (χ0n) is 11.2. The molecule has 0 amide bonds. The van der Waals surface area contributed by atoms with Gasteiger partial charge in [-0.15, -0.1) is 0 Å². The fourth-order valence-electron chi connectivity index (χ4n) is 2.10. The number of aryl methyl sites for hydroxylation is 2. The molecule has 1 aromatic carbocycles. The topological polar surface area (TPSA) is 24.9 Å². The molecule has 18 heavy (non-hydrogen) atoms. The highest BCUT2D eigenvalue weighted by molar-refractivity contribution is 5.93. The molecule has 2 rings (SSSR count). The normalized spacial score (nSPS) is 10.9. The third-order valence-corrected chi connectivity index (χ3v) is 3.05. The first-order valence-electron chi connectivity index (χ1n) is 6.49. The van der Waals surface area contributed by atoms with Crippen LogP contribution >= 0.6 is 0 Å². The van der Waals surface area contributed by atoms with Gasteiger partial charge in [0, 0.05) is 23.3 Å². The Kier molecular flexibility index (Phi) is 3.80. The Labute approximate surface area is 107 Å². The first kappa shape index (κ1) is 12.8. The highest BCUT2D eigenvalue weighted by atomic mass is 19.1. The molecule has 2 aromatic rings. The summed E-state index contributed by atoms with van der Waals surface area (Å²) >= 11 is 0. The Hall–Kier alpha value is -1.64. The summed E-state index contributed by atoms with van der Waals surface area (Å²) in [7, 11) is 0. The summed E-state index contributed by atoms with van der Waals surface area (Å²) in [5.41, 5.74) is 3.81. The number of nitrogens with one attached hydrogen (secondary N) is 1. The minimum atomic E-state index is -0.203. The Bertz CT molecular complexity index is 564. The zero-order valence-corrected chi connectivity index (χ0v) is 11.2. The van der Waals surface area contributed by atoms with Crippen molar-refractivity contribution in [3.05, 3.63) is 35.3 Å². The van der Waals surface area contributed by atoms with Crippen molar-refractivity contribution < 1.29 is 4.39 Å². The zero-order chi connectivity index (χ0) is 13.1. The van der Waals surface area contributed by atoms with Gasteiger partial charge >= 0.3 is 0 Å². The van der Waals surface area contributed by atoms with Crippen LogP contribution in [-0.2, 0) is 6.42 Å². The Balaban J connectivity index is 2.64. The monoisotopic (exact) mass is 246 g/mol. The van der Waals surface area contributed by atoms with E-state index in [-0.39, 0.29) is 5.82 Å². The lowest BCUT2D eigenvalue weighted by atomic mass is 10.1. The molecular weight excluding hydrogens is 227 g/mol. The Morgan fingerprint density at radius 2 is 2.00 bits per heavy atom. The third-order valence-electron chi connectivity index (χ3n) is 3.05. The molecule has 0 aliphatic heterocycles. The molecule has 0 saturated heterocycles. The lowest BCUT2D eigenvalue weighted by Gasteiger charge is -2.12. The second kappa shape index (κ2) is 5.34. The molecule has 0 fully saturated rings. The summed E-state index contributed by atoms with van der Waals surface area (Å²) in [4.78, 5) is 4.60. The van der Waals surface area contributed by atoms with E-state index < -0.39 is 0 Å². The number of nitrogens with zero attached hydrogens (tertiary/aromatic N) is 1. The largest absolute Gasteiger partial charge is 0.384 e. The number of hydrogen-bond donors (Lipinski definition) is 1. The van der Waals surface area contributed by atoms with Crippen LogP contribution in [0.1, 0.15) is 31.5 Å². The maximum absolute atomic E-state index is 13.5. The van der Waals surface area contributed by atoms with Gasteiger partial charge in [-0.05, 0) is 43.5 Å². The number of benzene rings is 1. The van der Waals surface area contributed by atoms with E-state index in [9.17, 15) is 4.39 Å². The van der Waals surface area contributed by atoms with Gasteiger partial charge < -0.3 is 5.32 Å². The quantitative estimate of drug-likeness (QED) is 0.879. The number of pyridine rings is 1. The molecule has 0 spiro atoms. The van der Waals surface area contributed by atoms with Crippen molar-refractivity contribution in [3.8, 4) is 0 Å². The van der Waals surface area contributed by atoms with E-state index in [1.54, 1.807) is 12.1 Å². The summed E-state index contributed by atoms with van der Waals surface area (Å²) in [6.07, 6.45) is 1.92. The van der Waals surface area contributed by atoms with Crippen molar-refractivity contribution in [2.75, 3.05) is 11.9 Å². The number of hydrogen-bond acceptors (Lipinski definition) is 2. The van der Waals surface area contributed by atoms with Crippen LogP contribution in [0.5, 0.6) is 0 Å². The predicted octanol–water partition coefficient (Wildman–Crippen LogP) is 4.07. The number of halogens is 1. The molecule has 2 nitrogen and oxygen atoms in total. The predicted molar refractivity (Wildman–Crippen MR) is 74.6 cm³/mol. The van der Waals surface area contributed by atoms with Crippen LogP contribution in [0.15, 0.2) is 18.2 Å². The van der Waals surface area contributed by atoms with Gasteiger partial charge in [0.05, 0.1) is 5.52 Å². The van der Waals surface area contributed by atoms with E-state index in [2.05, 4.69) is 24.1 Å². The van der Waals surface area contributed by atoms with E-state index in [4.69, 9.17) is 0 Å². The molecule has 0 atom stereocenters. The number of rotatable bonds is 4. The van der Waals surface area contributed by atoms with Crippen LogP contribution in [0.2, 0.25) is 0 Å². The van der Waals surface area contributed by atoms with Gasteiger partial charge in [0.25, 0.3) is 0 Å². The lowest BCUT2D eigenvalue weighted by molar-refractivity contribution is 0.628. The molecule has 1 N–H and O–H groups in total. The molecule has 0 saturated carbocycles. The SMILES string of the molecule is CCCNc1cc(CC)nc2c(C)cc(F)cc12. The van der Waals surface area contributed by atoms with Gasteiger partial charge in [-0.3, -0.25) is 4.98 Å². The van der Waals surface area contributed by atoms with Crippen LogP contribution in [-0.4, -0.2) is 11.5 Å². The van der Waals surface area contributed by atoms with E-state index in [1.807, 2.05) is 13.0 Å². The summed E-state index contributed by atoms with van der Waals surface area (Å²) in [6, 6.07) is 5.13. The van der Waals surface area contributed by atoms with Crippen molar-refractivity contribution in [1.82, 2.24) is 4.98 Å². The van der Waals surface area contributed by atoms with Gasteiger partial charge in [0.2, 0.25) is 0 Å². The summed E-state index contributed by atoms with van der Waals surface area (Å²) < 4.78 is 13.5. The van der Waals surface area contributed by atoms with Crippen molar-refractivity contribution in [3.63, 3.8) is 0 Å². The fourth-order valence-corrected chi connectivity index (χ4v) is 2.10. The molecule has 0 radical (unpaired) electrons. The average Bonchev–Trinajstić information content (AvgIpc) is 2.36. The van der Waals surface area contributed by atoms with Crippen molar-refractivity contribution >= 4 is 16.6 Å².